The molecule has 0 radical (unpaired) electrons. The van der Waals surface area contributed by atoms with Gasteiger partial charge in [-0.1, -0.05) is 48.0 Å². The van der Waals surface area contributed by atoms with Crippen molar-refractivity contribution in [3.8, 4) is 5.69 Å². The number of hydrogen-bond acceptors (Lipinski definition) is 1. The highest BCUT2D eigenvalue weighted by molar-refractivity contribution is 6.30. The molecule has 0 saturated carbocycles. The van der Waals surface area contributed by atoms with Crippen LogP contribution in [0.25, 0.3) is 5.69 Å². The standard InChI is InChI=1S/C27H24ClN3O/c1-18-13-19(2)15-23(14-18)29-27(32)31-17-21-7-3-4-10-24(21)30-12-6-11-25(30)26(31)20-8-5-9-22(28)16-20/h3-16,26H,17H2,1-2H3,(H,29,32). The van der Waals surface area contributed by atoms with E-state index in [1.807, 2.05) is 73.3 Å². The van der Waals surface area contributed by atoms with Crippen LogP contribution in [0.5, 0.6) is 0 Å². The summed E-state index contributed by atoms with van der Waals surface area (Å²) in [4.78, 5) is 15.6. The Morgan fingerprint density at radius 3 is 2.50 bits per heavy atom. The summed E-state index contributed by atoms with van der Waals surface area (Å²) in [6, 6.07) is 25.7. The van der Waals surface area contributed by atoms with Gasteiger partial charge in [0.2, 0.25) is 0 Å². The molecule has 0 bridgehead atoms. The smallest absolute Gasteiger partial charge is 0.318 e. The number of rotatable bonds is 2. The highest BCUT2D eigenvalue weighted by atomic mass is 35.5. The Bertz CT molecular complexity index is 1290. The largest absolute Gasteiger partial charge is 0.322 e. The molecule has 0 fully saturated rings. The van der Waals surface area contributed by atoms with Gasteiger partial charge in [-0.15, -0.1) is 0 Å². The number of carbonyl (C=O) groups is 1. The van der Waals surface area contributed by atoms with Crippen LogP contribution in [-0.4, -0.2) is 15.5 Å². The van der Waals surface area contributed by atoms with E-state index in [0.29, 0.717) is 11.6 Å². The van der Waals surface area contributed by atoms with E-state index in [1.54, 1.807) is 0 Å². The SMILES string of the molecule is Cc1cc(C)cc(NC(=O)N2Cc3ccccc3-n3cccc3C2c2cccc(Cl)c2)c1. The van der Waals surface area contributed by atoms with Crippen LogP contribution in [0.2, 0.25) is 5.02 Å². The van der Waals surface area contributed by atoms with Gasteiger partial charge in [0.1, 0.15) is 0 Å². The minimum atomic E-state index is -0.290. The summed E-state index contributed by atoms with van der Waals surface area (Å²) in [6.45, 7) is 4.55. The number of aromatic nitrogens is 1. The van der Waals surface area contributed by atoms with Crippen molar-refractivity contribution in [3.63, 3.8) is 0 Å². The van der Waals surface area contributed by atoms with Crippen LogP contribution >= 0.6 is 11.6 Å². The summed E-state index contributed by atoms with van der Waals surface area (Å²) >= 11 is 6.36. The van der Waals surface area contributed by atoms with E-state index in [1.165, 1.54) is 0 Å². The Morgan fingerprint density at radius 1 is 0.938 bits per heavy atom. The van der Waals surface area contributed by atoms with Gasteiger partial charge in [0.05, 0.1) is 18.3 Å². The first-order valence-corrected chi connectivity index (χ1v) is 11.0. The molecule has 1 unspecified atom stereocenters. The molecule has 1 N–H and O–H groups in total. The zero-order valence-electron chi connectivity index (χ0n) is 18.0. The fraction of sp³-hybridized carbons (Fsp3) is 0.148. The number of urea groups is 1. The normalized spacial score (nSPS) is 15.0. The van der Waals surface area contributed by atoms with Gasteiger partial charge in [0, 0.05) is 22.6 Å². The maximum atomic E-state index is 13.7. The van der Waals surface area contributed by atoms with E-state index in [9.17, 15) is 4.79 Å². The van der Waals surface area contributed by atoms with E-state index in [4.69, 9.17) is 11.6 Å². The van der Waals surface area contributed by atoms with Crippen molar-refractivity contribution in [2.24, 2.45) is 0 Å². The molecule has 2 amide bonds. The quantitative estimate of drug-likeness (QED) is 0.361. The number of nitrogens with one attached hydrogen (secondary N) is 1. The molecule has 160 valence electrons. The lowest BCUT2D eigenvalue weighted by Gasteiger charge is -2.31. The molecular formula is C27H24ClN3O. The summed E-state index contributed by atoms with van der Waals surface area (Å²) in [6.07, 6.45) is 2.05. The predicted molar refractivity (Wildman–Crippen MR) is 130 cm³/mol. The molecule has 0 spiro atoms. The Balaban J connectivity index is 1.64. The van der Waals surface area contributed by atoms with Gasteiger partial charge < -0.3 is 14.8 Å². The number of anilines is 1. The van der Waals surface area contributed by atoms with E-state index >= 15 is 0 Å². The number of nitrogens with zero attached hydrogens (tertiary/aromatic N) is 2. The zero-order chi connectivity index (χ0) is 22.2. The number of aryl methyl sites for hydroxylation is 2. The summed E-state index contributed by atoms with van der Waals surface area (Å²) in [7, 11) is 0. The molecule has 0 aliphatic carbocycles. The van der Waals surface area contributed by atoms with Gasteiger partial charge in [-0.05, 0) is 78.6 Å². The first-order chi connectivity index (χ1) is 15.5. The number of fused-ring (bicyclic) bond motifs is 3. The second-order valence-electron chi connectivity index (χ2n) is 8.32. The second kappa shape index (κ2) is 8.21. The Hall–Kier alpha value is -3.50. The van der Waals surface area contributed by atoms with E-state index < -0.39 is 0 Å². The number of amides is 2. The molecule has 4 nitrogen and oxygen atoms in total. The number of halogens is 1. The van der Waals surface area contributed by atoms with Gasteiger partial charge in [0.25, 0.3) is 0 Å². The van der Waals surface area contributed by atoms with Crippen molar-refractivity contribution in [3.05, 3.63) is 118 Å². The van der Waals surface area contributed by atoms with E-state index in [-0.39, 0.29) is 12.1 Å². The lowest BCUT2D eigenvalue weighted by Crippen LogP contribution is -2.38. The zero-order valence-corrected chi connectivity index (χ0v) is 18.8. The fourth-order valence-corrected chi connectivity index (χ4v) is 4.81. The first-order valence-electron chi connectivity index (χ1n) is 10.7. The van der Waals surface area contributed by atoms with Gasteiger partial charge in [-0.25, -0.2) is 4.79 Å². The van der Waals surface area contributed by atoms with Crippen LogP contribution in [0.4, 0.5) is 10.5 Å². The molecule has 1 aliphatic heterocycles. The third-order valence-corrected chi connectivity index (χ3v) is 6.10. The number of para-hydroxylation sites is 1. The predicted octanol–water partition coefficient (Wildman–Crippen LogP) is 6.88. The van der Waals surface area contributed by atoms with Crippen LogP contribution in [-0.2, 0) is 6.54 Å². The third-order valence-electron chi connectivity index (χ3n) is 5.86. The molecule has 5 heteroatoms. The Kier molecular flexibility index (Phi) is 5.24. The lowest BCUT2D eigenvalue weighted by atomic mass is 10.0. The van der Waals surface area contributed by atoms with Crippen LogP contribution in [0, 0.1) is 13.8 Å². The van der Waals surface area contributed by atoms with Gasteiger partial charge in [0.15, 0.2) is 0 Å². The number of benzene rings is 3. The summed E-state index contributed by atoms with van der Waals surface area (Å²) < 4.78 is 2.17. The highest BCUT2D eigenvalue weighted by Crippen LogP contribution is 2.37. The van der Waals surface area contributed by atoms with Crippen LogP contribution in [0.15, 0.2) is 85.1 Å². The second-order valence-corrected chi connectivity index (χ2v) is 8.76. The molecule has 3 aromatic carbocycles. The fourth-order valence-electron chi connectivity index (χ4n) is 4.61. The summed E-state index contributed by atoms with van der Waals surface area (Å²) in [5.74, 6) is 0. The van der Waals surface area contributed by atoms with Gasteiger partial charge >= 0.3 is 6.03 Å². The third kappa shape index (κ3) is 3.78. The van der Waals surface area contributed by atoms with Crippen molar-refractivity contribution in [1.82, 2.24) is 9.47 Å². The number of hydrogen-bond donors (Lipinski definition) is 1. The van der Waals surface area contributed by atoms with Crippen LogP contribution in [0.3, 0.4) is 0 Å². The molecule has 2 heterocycles. The summed E-state index contributed by atoms with van der Waals surface area (Å²) in [5.41, 5.74) is 7.19. The minimum Gasteiger partial charge on any atom is -0.318 e. The molecule has 1 aliphatic rings. The lowest BCUT2D eigenvalue weighted by molar-refractivity contribution is 0.194. The molecule has 5 rings (SSSR count). The maximum absolute atomic E-state index is 13.7. The molecule has 1 atom stereocenters. The molecular weight excluding hydrogens is 418 g/mol. The molecule has 32 heavy (non-hydrogen) atoms. The van der Waals surface area contributed by atoms with Crippen molar-refractivity contribution in [1.29, 1.82) is 0 Å². The highest BCUT2D eigenvalue weighted by Gasteiger charge is 2.33. The Morgan fingerprint density at radius 2 is 1.72 bits per heavy atom. The van der Waals surface area contributed by atoms with E-state index in [0.717, 1.165) is 39.3 Å². The van der Waals surface area contributed by atoms with Gasteiger partial charge in [-0.3, -0.25) is 0 Å². The average Bonchev–Trinajstić information content (AvgIpc) is 3.17. The monoisotopic (exact) mass is 441 g/mol. The van der Waals surface area contributed by atoms with Crippen molar-refractivity contribution in [2.75, 3.05) is 5.32 Å². The van der Waals surface area contributed by atoms with Crippen molar-refractivity contribution < 1.29 is 4.79 Å². The van der Waals surface area contributed by atoms with Crippen LogP contribution in [0.1, 0.15) is 34.0 Å². The first kappa shape index (κ1) is 20.4. The van der Waals surface area contributed by atoms with Gasteiger partial charge in [-0.2, -0.15) is 0 Å². The van der Waals surface area contributed by atoms with E-state index in [2.05, 4.69) is 40.3 Å². The summed E-state index contributed by atoms with van der Waals surface area (Å²) in [5, 5.41) is 3.78. The molecule has 4 aromatic rings. The topological polar surface area (TPSA) is 37.3 Å². The molecule has 0 saturated heterocycles. The maximum Gasteiger partial charge on any atom is 0.322 e. The average molecular weight is 442 g/mol. The minimum absolute atomic E-state index is 0.149. The number of carbonyl (C=O) groups excluding carboxylic acids is 1. The molecule has 1 aromatic heterocycles. The van der Waals surface area contributed by atoms with Crippen LogP contribution < -0.4 is 5.32 Å². The Labute approximate surface area is 193 Å². The van der Waals surface area contributed by atoms with Crippen molar-refractivity contribution in [2.45, 2.75) is 26.4 Å². The van der Waals surface area contributed by atoms with Crippen molar-refractivity contribution >= 4 is 23.3 Å².